The van der Waals surface area contributed by atoms with Gasteiger partial charge in [-0.3, -0.25) is 19.2 Å². The third-order valence-corrected chi connectivity index (χ3v) is 4.13. The van der Waals surface area contributed by atoms with Crippen molar-refractivity contribution in [3.63, 3.8) is 0 Å². The van der Waals surface area contributed by atoms with Crippen molar-refractivity contribution in [3.05, 3.63) is 34.3 Å². The molecule has 0 radical (unpaired) electrons. The second-order valence-electron chi connectivity index (χ2n) is 5.25. The molecule has 0 aliphatic rings. The molecule has 0 fully saturated rings. The maximum Gasteiger partial charge on any atom is 0.320 e. The molecule has 1 aromatic carbocycles. The van der Waals surface area contributed by atoms with Crippen LogP contribution in [0.3, 0.4) is 0 Å². The van der Waals surface area contributed by atoms with Gasteiger partial charge in [0, 0.05) is 16.0 Å². The molecule has 0 aliphatic heterocycles. The molecule has 0 unspecified atom stereocenters. The molecule has 136 valence electrons. The Balaban J connectivity index is 3.08. The van der Waals surface area contributed by atoms with Crippen molar-refractivity contribution < 1.29 is 28.7 Å². The Labute approximate surface area is 153 Å². The van der Waals surface area contributed by atoms with E-state index in [2.05, 4.69) is 30.7 Å². The monoisotopic (exact) mass is 414 g/mol. The number of esters is 2. The van der Waals surface area contributed by atoms with Crippen LogP contribution in [0.4, 0.5) is 0 Å². The van der Waals surface area contributed by atoms with Crippen LogP contribution >= 0.6 is 15.9 Å². The number of carbonyl (C=O) groups excluding carboxylic acids is 4. The van der Waals surface area contributed by atoms with Gasteiger partial charge >= 0.3 is 11.9 Å². The zero-order valence-electron chi connectivity index (χ0n) is 13.9. The normalized spacial score (nSPS) is 12.8. The van der Waals surface area contributed by atoms with E-state index in [4.69, 9.17) is 5.73 Å². The summed E-state index contributed by atoms with van der Waals surface area (Å²) >= 11 is 3.24. The summed E-state index contributed by atoms with van der Waals surface area (Å²) in [4.78, 5) is 47.9. The van der Waals surface area contributed by atoms with Crippen LogP contribution in [-0.2, 0) is 23.9 Å². The lowest BCUT2D eigenvalue weighted by molar-refractivity contribution is -0.161. The fraction of sp³-hybridized carbons (Fsp3) is 0.375. The van der Waals surface area contributed by atoms with Gasteiger partial charge in [0.05, 0.1) is 14.2 Å². The molecular weight excluding hydrogens is 396 g/mol. The Hall–Kier alpha value is -2.42. The Morgan fingerprint density at radius 2 is 1.68 bits per heavy atom. The Morgan fingerprint density at radius 3 is 2.12 bits per heavy atom. The third kappa shape index (κ3) is 5.28. The number of halogens is 1. The van der Waals surface area contributed by atoms with E-state index in [0.29, 0.717) is 4.47 Å². The molecule has 3 N–H and O–H groups in total. The SMILES string of the molecule is COC(=O)C(C(=O)OC)[C@H](C)[C@@H](NC(=O)c1cccc(Br)c1)C(N)=O. The number of amides is 2. The minimum absolute atomic E-state index is 0.278. The number of hydrogen-bond donors (Lipinski definition) is 2. The van der Waals surface area contributed by atoms with Crippen LogP contribution in [-0.4, -0.2) is 44.0 Å². The maximum atomic E-state index is 12.3. The quantitative estimate of drug-likeness (QED) is 0.497. The number of benzene rings is 1. The summed E-state index contributed by atoms with van der Waals surface area (Å²) in [6.45, 7) is 1.43. The number of methoxy groups -OCH3 is 2. The predicted octanol–water partition coefficient (Wildman–Crippen LogP) is 0.631. The van der Waals surface area contributed by atoms with Gasteiger partial charge in [-0.15, -0.1) is 0 Å². The largest absolute Gasteiger partial charge is 0.468 e. The highest BCUT2D eigenvalue weighted by Gasteiger charge is 2.41. The summed E-state index contributed by atoms with van der Waals surface area (Å²) in [6.07, 6.45) is 0. The van der Waals surface area contributed by atoms with Crippen molar-refractivity contribution in [3.8, 4) is 0 Å². The van der Waals surface area contributed by atoms with Crippen LogP contribution in [0.1, 0.15) is 17.3 Å². The van der Waals surface area contributed by atoms with E-state index in [1.54, 1.807) is 24.3 Å². The van der Waals surface area contributed by atoms with E-state index in [1.807, 2.05) is 0 Å². The zero-order chi connectivity index (χ0) is 19.1. The molecule has 0 aliphatic carbocycles. The van der Waals surface area contributed by atoms with Crippen LogP contribution < -0.4 is 11.1 Å². The molecule has 1 aromatic rings. The number of hydrogen-bond acceptors (Lipinski definition) is 6. The van der Waals surface area contributed by atoms with Crippen molar-refractivity contribution in [2.24, 2.45) is 17.6 Å². The summed E-state index contributed by atoms with van der Waals surface area (Å²) in [5.41, 5.74) is 5.63. The lowest BCUT2D eigenvalue weighted by atomic mass is 9.86. The summed E-state index contributed by atoms with van der Waals surface area (Å²) in [5, 5.41) is 2.45. The van der Waals surface area contributed by atoms with Crippen molar-refractivity contribution in [2.75, 3.05) is 14.2 Å². The summed E-state index contributed by atoms with van der Waals surface area (Å²) in [7, 11) is 2.20. The van der Waals surface area contributed by atoms with Gasteiger partial charge in [0.15, 0.2) is 5.92 Å². The van der Waals surface area contributed by atoms with E-state index < -0.39 is 41.6 Å². The topological polar surface area (TPSA) is 125 Å². The van der Waals surface area contributed by atoms with Gasteiger partial charge in [-0.05, 0) is 18.2 Å². The zero-order valence-corrected chi connectivity index (χ0v) is 15.5. The first-order chi connectivity index (χ1) is 11.7. The minimum Gasteiger partial charge on any atom is -0.468 e. The number of nitrogens with one attached hydrogen (secondary N) is 1. The second kappa shape index (κ2) is 9.16. The molecular formula is C16H19BrN2O6. The average molecular weight is 415 g/mol. The minimum atomic E-state index is -1.41. The van der Waals surface area contributed by atoms with Gasteiger partial charge in [-0.1, -0.05) is 28.9 Å². The number of primary amides is 1. The van der Waals surface area contributed by atoms with Gasteiger partial charge in [-0.25, -0.2) is 0 Å². The lowest BCUT2D eigenvalue weighted by Gasteiger charge is -2.26. The molecule has 0 bridgehead atoms. The first-order valence-corrected chi connectivity index (χ1v) is 8.03. The van der Waals surface area contributed by atoms with Crippen molar-refractivity contribution in [1.29, 1.82) is 0 Å². The van der Waals surface area contributed by atoms with Crippen molar-refractivity contribution >= 4 is 39.7 Å². The lowest BCUT2D eigenvalue weighted by Crippen LogP contribution is -2.52. The van der Waals surface area contributed by atoms with E-state index in [1.165, 1.54) is 6.92 Å². The van der Waals surface area contributed by atoms with Crippen molar-refractivity contribution in [2.45, 2.75) is 13.0 Å². The molecule has 9 heteroatoms. The Kier molecular flexibility index (Phi) is 7.56. The molecule has 2 atom stereocenters. The Bertz CT molecular complexity index is 662. The molecule has 0 spiro atoms. The van der Waals surface area contributed by atoms with Crippen LogP contribution in [0.25, 0.3) is 0 Å². The first kappa shape index (κ1) is 20.6. The number of carbonyl (C=O) groups is 4. The van der Waals surface area contributed by atoms with E-state index in [9.17, 15) is 19.2 Å². The fourth-order valence-corrected chi connectivity index (χ4v) is 2.69. The fourth-order valence-electron chi connectivity index (χ4n) is 2.29. The van der Waals surface area contributed by atoms with Crippen LogP contribution in [0.2, 0.25) is 0 Å². The van der Waals surface area contributed by atoms with Crippen LogP contribution in [0.15, 0.2) is 28.7 Å². The van der Waals surface area contributed by atoms with Crippen LogP contribution in [0.5, 0.6) is 0 Å². The summed E-state index contributed by atoms with van der Waals surface area (Å²) in [5.74, 6) is -5.63. The number of nitrogens with two attached hydrogens (primary N) is 1. The highest BCUT2D eigenvalue weighted by molar-refractivity contribution is 9.10. The van der Waals surface area contributed by atoms with Gasteiger partial charge in [0.2, 0.25) is 5.91 Å². The van der Waals surface area contributed by atoms with Crippen LogP contribution in [0, 0.1) is 11.8 Å². The molecule has 0 aromatic heterocycles. The van der Waals surface area contributed by atoms with Gasteiger partial charge < -0.3 is 20.5 Å². The van der Waals surface area contributed by atoms with Gasteiger partial charge in [0.1, 0.15) is 6.04 Å². The maximum absolute atomic E-state index is 12.3. The molecule has 0 heterocycles. The van der Waals surface area contributed by atoms with Gasteiger partial charge in [-0.2, -0.15) is 0 Å². The number of rotatable bonds is 7. The molecule has 1 rings (SSSR count). The molecule has 8 nitrogen and oxygen atoms in total. The third-order valence-electron chi connectivity index (χ3n) is 3.64. The molecule has 25 heavy (non-hydrogen) atoms. The molecule has 0 saturated carbocycles. The highest BCUT2D eigenvalue weighted by atomic mass is 79.9. The predicted molar refractivity (Wildman–Crippen MR) is 91.3 cm³/mol. The highest BCUT2D eigenvalue weighted by Crippen LogP contribution is 2.20. The Morgan fingerprint density at radius 1 is 1.12 bits per heavy atom. The summed E-state index contributed by atoms with van der Waals surface area (Å²) in [6, 6.07) is 5.19. The standard InChI is InChI=1S/C16H19BrN2O6/c1-8(11(15(22)24-2)16(23)25-3)12(13(18)20)19-14(21)9-5-4-6-10(17)7-9/h4-8,11-12H,1-3H3,(H2,18,20)(H,19,21)/t8-,12+/m0/s1. The molecule has 0 saturated heterocycles. The van der Waals surface area contributed by atoms with E-state index >= 15 is 0 Å². The first-order valence-electron chi connectivity index (χ1n) is 7.24. The number of ether oxygens (including phenoxy) is 2. The van der Waals surface area contributed by atoms with Gasteiger partial charge in [0.25, 0.3) is 5.91 Å². The molecule has 2 amide bonds. The van der Waals surface area contributed by atoms with Crippen molar-refractivity contribution in [1.82, 2.24) is 5.32 Å². The second-order valence-corrected chi connectivity index (χ2v) is 6.16. The summed E-state index contributed by atoms with van der Waals surface area (Å²) < 4.78 is 9.83. The smallest absolute Gasteiger partial charge is 0.320 e. The van der Waals surface area contributed by atoms with E-state index in [0.717, 1.165) is 14.2 Å². The van der Waals surface area contributed by atoms with E-state index in [-0.39, 0.29) is 5.56 Å². The average Bonchev–Trinajstić information content (AvgIpc) is 2.58.